The third kappa shape index (κ3) is 19.5. The maximum atomic E-state index is 12.6. The first-order chi connectivity index (χ1) is 27.9. The van der Waals surface area contributed by atoms with Crippen LogP contribution in [0.15, 0.2) is 12.7 Å². The summed E-state index contributed by atoms with van der Waals surface area (Å²) in [6.07, 6.45) is -7.08. The lowest BCUT2D eigenvalue weighted by Gasteiger charge is -2.30. The molecule has 1 aliphatic rings. The Morgan fingerprint density at radius 3 is 2.28 bits per heavy atom. The van der Waals surface area contributed by atoms with E-state index >= 15 is 0 Å². The molecule has 3 heterocycles. The number of nitrogen functional groups attached to an aromatic ring is 1. The lowest BCUT2D eigenvalue weighted by atomic mass is 9.87. The molecule has 2 aromatic heterocycles. The zero-order valence-corrected chi connectivity index (χ0v) is 37.7. The Hall–Kier alpha value is -3.01. The molecule has 3 unspecified atom stereocenters. The smallest absolute Gasteiger partial charge is 0.481 e. The maximum absolute atomic E-state index is 12.6. The molecule has 0 spiro atoms. The monoisotopic (exact) mass is 954 g/mol. The molecule has 2 aromatic rings. The lowest BCUT2D eigenvalue weighted by molar-refractivity contribution is -0.870. The van der Waals surface area contributed by atoms with Crippen LogP contribution in [0.2, 0.25) is 0 Å². The zero-order chi connectivity index (χ0) is 46.6. The summed E-state index contributed by atoms with van der Waals surface area (Å²) in [5, 5.41) is 26.0. The molecule has 348 valence electrons. The number of thioether (sulfide) groups is 1. The predicted molar refractivity (Wildman–Crippen MR) is 210 cm³/mol. The number of carbonyl (C=O) groups excluding carboxylic acids is 4. The van der Waals surface area contributed by atoms with E-state index in [0.29, 0.717) is 12.4 Å². The van der Waals surface area contributed by atoms with Gasteiger partial charge in [-0.15, -0.1) is 0 Å². The number of nitrogens with two attached hydrogens (primary N) is 1. The number of quaternary nitrogens is 1. The molecule has 1 saturated heterocycles. The highest BCUT2D eigenvalue weighted by Crippen LogP contribution is 2.61. The van der Waals surface area contributed by atoms with Crippen LogP contribution in [-0.4, -0.2) is 163 Å². The number of likely N-dealkylation sites (N-methyl/N-ethyl adjacent to an activating group) is 1. The summed E-state index contributed by atoms with van der Waals surface area (Å²) >= 11 is 1.02. The van der Waals surface area contributed by atoms with E-state index in [9.17, 15) is 62.7 Å². The number of anilines is 1. The van der Waals surface area contributed by atoms with Crippen LogP contribution in [0.1, 0.15) is 40.3 Å². The van der Waals surface area contributed by atoms with Crippen molar-refractivity contribution in [3.63, 3.8) is 0 Å². The van der Waals surface area contributed by atoms with Crippen molar-refractivity contribution in [1.29, 1.82) is 0 Å². The van der Waals surface area contributed by atoms with Gasteiger partial charge in [-0.3, -0.25) is 37.4 Å². The van der Waals surface area contributed by atoms with Crippen LogP contribution >= 0.6 is 35.2 Å². The Morgan fingerprint density at radius 1 is 1.05 bits per heavy atom. The SMILES string of the molecule is CC(=O)OCC[N+](C)(C)C.CC(=O)SCCNC(=O)CCNC(=O)[C@H](O)C(C)(C)COP(=O)(O)OP(=O)(O)OC[C@H]1O[C@@H](n2cnc3c(N)ncnc32)[C@H](O)[C@@H]1OP(=O)([O-])O. The number of hydrogen-bond acceptors (Lipinski definition) is 21. The number of nitrogens with zero attached hydrogens (tertiary/aromatic N) is 5. The first kappa shape index (κ1) is 54.1. The van der Waals surface area contributed by atoms with Crippen molar-refractivity contribution in [1.82, 2.24) is 30.2 Å². The molecule has 2 amide bonds. The van der Waals surface area contributed by atoms with Crippen molar-refractivity contribution in [3.05, 3.63) is 12.7 Å². The molecule has 27 nitrogen and oxygen atoms in total. The largest absolute Gasteiger partial charge is 0.756 e. The molecule has 0 bridgehead atoms. The van der Waals surface area contributed by atoms with Gasteiger partial charge in [0.05, 0.1) is 40.7 Å². The first-order valence-electron chi connectivity index (χ1n) is 17.9. The topological polar surface area (TPSA) is 393 Å². The molecular formula is C30H53N8O19P3S. The number of aromatic nitrogens is 4. The van der Waals surface area contributed by atoms with E-state index < -0.39 is 84.6 Å². The molecule has 0 aromatic carbocycles. The number of carbonyl (C=O) groups is 4. The lowest BCUT2D eigenvalue weighted by Crippen LogP contribution is -2.46. The second kappa shape index (κ2) is 23.1. The third-order valence-electron chi connectivity index (χ3n) is 7.87. The van der Waals surface area contributed by atoms with Gasteiger partial charge in [-0.2, -0.15) is 4.31 Å². The summed E-state index contributed by atoms with van der Waals surface area (Å²) in [7, 11) is -10.5. The fraction of sp³-hybridized carbons (Fsp3) is 0.700. The number of aliphatic hydroxyl groups is 2. The van der Waals surface area contributed by atoms with Crippen LogP contribution in [0.4, 0.5) is 5.82 Å². The number of phosphoric ester groups is 3. The van der Waals surface area contributed by atoms with Crippen LogP contribution in [0.5, 0.6) is 0 Å². The molecule has 8 atom stereocenters. The molecule has 9 N–H and O–H groups in total. The Morgan fingerprint density at radius 2 is 1.69 bits per heavy atom. The van der Waals surface area contributed by atoms with E-state index in [1.165, 1.54) is 27.7 Å². The van der Waals surface area contributed by atoms with E-state index in [2.05, 4.69) is 55.6 Å². The van der Waals surface area contributed by atoms with Crippen molar-refractivity contribution in [2.45, 2.75) is 64.8 Å². The van der Waals surface area contributed by atoms with Crippen molar-refractivity contribution < 1.29 is 94.5 Å². The van der Waals surface area contributed by atoms with Crippen LogP contribution < -0.4 is 21.3 Å². The van der Waals surface area contributed by atoms with Gasteiger partial charge < -0.3 is 64.6 Å². The molecule has 1 fully saturated rings. The summed E-state index contributed by atoms with van der Waals surface area (Å²) in [6.45, 7) is 4.65. The standard InChI is InChI=1S/C23H38N7O17P3S.C7H16NO2/c1-12(31)51-7-6-25-14(32)4-5-26-21(35)18(34)23(2,3)9-44-50(41,42)47-49(39,40)43-8-13-17(46-48(36,37)38)16(33)22(45-13)30-11-29-15-19(24)27-10-28-20(15)30;1-7(9)10-6-5-8(2,3)4/h10-11,13,16-18,22,33-34H,4-9H2,1-3H3,(H,25,32)(H,26,35)(H,39,40)(H,41,42)(H2,24,27,28)(H2,36,37,38);5-6H2,1-4H3/q;+1/p-1/t13-,16-,17-,18+,22-;/m1./s1. The van der Waals surface area contributed by atoms with Crippen molar-refractivity contribution in [2.75, 3.05) is 72.1 Å². The summed E-state index contributed by atoms with van der Waals surface area (Å²) < 4.78 is 67.1. The summed E-state index contributed by atoms with van der Waals surface area (Å²) in [5.41, 5.74) is 4.22. The van der Waals surface area contributed by atoms with Gasteiger partial charge in [-0.25, -0.2) is 24.1 Å². The third-order valence-corrected chi connectivity index (χ3v) is 11.8. The van der Waals surface area contributed by atoms with Gasteiger partial charge in [0.2, 0.25) is 11.8 Å². The second-order valence-electron chi connectivity index (χ2n) is 14.7. The Balaban J connectivity index is 0.00000113. The number of nitrogens with one attached hydrogen (secondary N) is 2. The minimum atomic E-state index is -5.57. The highest BCUT2D eigenvalue weighted by Gasteiger charge is 2.49. The van der Waals surface area contributed by atoms with Gasteiger partial charge in [0, 0.05) is 44.5 Å². The fourth-order valence-corrected chi connectivity index (χ4v) is 8.09. The Bertz CT molecular complexity index is 1960. The maximum Gasteiger partial charge on any atom is 0.481 e. The summed E-state index contributed by atoms with van der Waals surface area (Å²) in [5.74, 6) is -1.30. The number of amides is 2. The van der Waals surface area contributed by atoms with E-state index in [-0.39, 0.29) is 47.6 Å². The molecule has 31 heteroatoms. The van der Waals surface area contributed by atoms with Crippen LogP contribution in [0.3, 0.4) is 0 Å². The zero-order valence-electron chi connectivity index (χ0n) is 34.2. The van der Waals surface area contributed by atoms with Crippen LogP contribution in [0, 0.1) is 5.41 Å². The number of phosphoric acid groups is 3. The van der Waals surface area contributed by atoms with Gasteiger partial charge in [-0.05, 0) is 0 Å². The Labute approximate surface area is 354 Å². The molecular weight excluding hydrogens is 901 g/mol. The fourth-order valence-electron chi connectivity index (χ4n) is 4.78. The highest BCUT2D eigenvalue weighted by atomic mass is 32.2. The predicted octanol–water partition coefficient (Wildman–Crippen LogP) is -1.69. The molecule has 0 saturated carbocycles. The van der Waals surface area contributed by atoms with E-state index in [0.717, 1.165) is 40.0 Å². The van der Waals surface area contributed by atoms with Gasteiger partial charge >= 0.3 is 21.6 Å². The van der Waals surface area contributed by atoms with Crippen molar-refractivity contribution >= 4 is 75.1 Å². The number of esters is 1. The van der Waals surface area contributed by atoms with E-state index in [4.69, 9.17) is 24.3 Å². The number of imidazole rings is 1. The van der Waals surface area contributed by atoms with E-state index in [1.54, 1.807) is 0 Å². The normalized spacial score (nSPS) is 21.5. The molecule has 1 aliphatic heterocycles. The molecule has 0 radical (unpaired) electrons. The van der Waals surface area contributed by atoms with Gasteiger partial charge in [-0.1, -0.05) is 25.6 Å². The minimum Gasteiger partial charge on any atom is -0.756 e. The van der Waals surface area contributed by atoms with Gasteiger partial charge in [0.15, 0.2) is 22.8 Å². The number of ether oxygens (including phenoxy) is 2. The summed E-state index contributed by atoms with van der Waals surface area (Å²) in [6, 6.07) is 0. The number of fused-ring (bicyclic) bond motifs is 1. The highest BCUT2D eigenvalue weighted by molar-refractivity contribution is 8.13. The quantitative estimate of drug-likeness (QED) is 0.0282. The van der Waals surface area contributed by atoms with Gasteiger partial charge in [0.25, 0.3) is 7.82 Å². The van der Waals surface area contributed by atoms with Crippen molar-refractivity contribution in [2.24, 2.45) is 5.41 Å². The number of aliphatic hydroxyl groups excluding tert-OH is 2. The summed E-state index contributed by atoms with van der Waals surface area (Å²) in [4.78, 5) is 98.2. The van der Waals surface area contributed by atoms with Crippen LogP contribution in [0.25, 0.3) is 11.2 Å². The minimum absolute atomic E-state index is 0.0154. The average Bonchev–Trinajstić information content (AvgIpc) is 3.67. The average molecular weight is 955 g/mol. The van der Waals surface area contributed by atoms with Crippen molar-refractivity contribution in [3.8, 4) is 0 Å². The second-order valence-corrected chi connectivity index (χ2v) is 20.2. The first-order valence-corrected chi connectivity index (χ1v) is 23.3. The number of hydrogen-bond donors (Lipinski definition) is 8. The molecule has 61 heavy (non-hydrogen) atoms. The van der Waals surface area contributed by atoms with Gasteiger partial charge in [0.1, 0.15) is 49.4 Å². The Kier molecular flexibility index (Phi) is 20.5. The number of rotatable bonds is 22. The van der Waals surface area contributed by atoms with Crippen LogP contribution in [-0.2, 0) is 60.2 Å². The molecule has 0 aliphatic carbocycles. The molecule has 3 rings (SSSR count). The van der Waals surface area contributed by atoms with E-state index in [1.807, 2.05) is 0 Å².